The van der Waals surface area contributed by atoms with Gasteiger partial charge in [0.05, 0.1) is 5.56 Å². The molecule has 7 nitrogen and oxygen atoms in total. The molecule has 0 fully saturated rings. The van der Waals surface area contributed by atoms with Gasteiger partial charge in [-0.3, -0.25) is 0 Å². The second kappa shape index (κ2) is 24.5. The van der Waals surface area contributed by atoms with Gasteiger partial charge in [-0.1, -0.05) is 166 Å². The lowest BCUT2D eigenvalue weighted by Crippen LogP contribution is -1.94. The van der Waals surface area contributed by atoms with Crippen molar-refractivity contribution in [2.45, 2.75) is 61.4 Å². The van der Waals surface area contributed by atoms with Gasteiger partial charge in [0.2, 0.25) is 17.2 Å². The molecule has 0 saturated heterocycles. The summed E-state index contributed by atoms with van der Waals surface area (Å²) in [5, 5.41) is 60.3. The molecule has 0 aliphatic carbocycles. The molecule has 0 atom stereocenters. The van der Waals surface area contributed by atoms with Gasteiger partial charge in [-0.2, -0.15) is 0 Å². The van der Waals surface area contributed by atoms with Gasteiger partial charge in [-0.15, -0.1) is 11.3 Å². The van der Waals surface area contributed by atoms with Gasteiger partial charge in [0.15, 0.2) is 11.5 Å². The van der Waals surface area contributed by atoms with Crippen LogP contribution in [0, 0.1) is 5.41 Å². The molecule has 0 unspecified atom stereocenters. The van der Waals surface area contributed by atoms with Crippen molar-refractivity contribution >= 4 is 48.9 Å². The van der Waals surface area contributed by atoms with Gasteiger partial charge in [-0.05, 0) is 96.8 Å². The summed E-state index contributed by atoms with van der Waals surface area (Å²) in [6.07, 6.45) is 16.9. The number of allylic oxidation sites excluding steroid dienone is 10. The van der Waals surface area contributed by atoms with Gasteiger partial charge in [0, 0.05) is 38.5 Å². The topological polar surface area (TPSA) is 151 Å². The predicted molar refractivity (Wildman–Crippen MR) is 274 cm³/mol. The summed E-state index contributed by atoms with van der Waals surface area (Å²) in [6, 6.07) is 38.0. The van der Waals surface area contributed by atoms with Crippen LogP contribution in [-0.2, 0) is 6.54 Å². The smallest absolute Gasteiger partial charge is 0.208 e. The largest absolute Gasteiger partial charge is 0.504 e. The molecule has 0 radical (unpaired) electrons. The number of hydrogen-bond acceptors (Lipinski definition) is 8. The number of phenols is 5. The first-order chi connectivity index (χ1) is 31.0. The van der Waals surface area contributed by atoms with E-state index in [4.69, 9.17) is 11.1 Å². The van der Waals surface area contributed by atoms with Crippen molar-refractivity contribution in [1.82, 2.24) is 0 Å². The van der Waals surface area contributed by atoms with E-state index in [9.17, 15) is 25.5 Å². The van der Waals surface area contributed by atoms with Gasteiger partial charge in [0.25, 0.3) is 0 Å². The van der Waals surface area contributed by atoms with Gasteiger partial charge in [-0.25, -0.2) is 0 Å². The summed E-state index contributed by atoms with van der Waals surface area (Å²) in [6.45, 7) is 14.9. The lowest BCUT2D eigenvalue weighted by Gasteiger charge is -2.13. The first kappa shape index (κ1) is 49.5. The zero-order chi connectivity index (χ0) is 46.8. The summed E-state index contributed by atoms with van der Waals surface area (Å²) in [5.74, 6) is -4.26. The molecule has 1 aromatic heterocycles. The van der Waals surface area contributed by atoms with Crippen molar-refractivity contribution < 1.29 is 25.5 Å². The Balaban J connectivity index is 0.000000418. The van der Waals surface area contributed by atoms with E-state index >= 15 is 0 Å². The van der Waals surface area contributed by atoms with Crippen LogP contribution in [0.5, 0.6) is 28.7 Å². The fourth-order valence-corrected chi connectivity index (χ4v) is 7.81. The zero-order valence-electron chi connectivity index (χ0n) is 37.7. The van der Waals surface area contributed by atoms with Crippen molar-refractivity contribution in [1.29, 1.82) is 5.41 Å². The van der Waals surface area contributed by atoms with E-state index in [0.29, 0.717) is 12.1 Å². The predicted octanol–water partition coefficient (Wildman–Crippen LogP) is 15.1. The maximum Gasteiger partial charge on any atom is 0.208 e. The molecule has 0 amide bonds. The van der Waals surface area contributed by atoms with Crippen LogP contribution in [0.25, 0.3) is 53.6 Å². The zero-order valence-corrected chi connectivity index (χ0v) is 38.5. The number of phenolic OH excluding ortho intramolecular Hbond substituents is 5. The molecule has 0 bridgehead atoms. The van der Waals surface area contributed by atoms with Crippen LogP contribution >= 0.6 is 11.3 Å². The minimum absolute atomic E-state index is 0.184. The molecule has 0 spiro atoms. The molecular weight excluding hydrogens is 813 g/mol. The van der Waals surface area contributed by atoms with Crippen LogP contribution in [0.4, 0.5) is 0 Å². The summed E-state index contributed by atoms with van der Waals surface area (Å²) < 4.78 is 2.39. The molecular formula is C56H60N2O5S. The van der Waals surface area contributed by atoms with E-state index in [-0.39, 0.29) is 5.56 Å². The third-order valence-electron chi connectivity index (χ3n) is 10.4. The average molecular weight is 873 g/mol. The molecule has 0 aliphatic heterocycles. The lowest BCUT2D eigenvalue weighted by molar-refractivity contribution is 0.330. The Morgan fingerprint density at radius 1 is 0.625 bits per heavy atom. The van der Waals surface area contributed by atoms with E-state index in [1.165, 1.54) is 26.8 Å². The standard InChI is InChI=1S/C39H31NO5S.C8H14.C7H9N.C2H6/c1-3-22(8-9-23(4-2)25-14-16-27(17-15-25)34-35(41)37(43)39(45)38(44)36(34)42)24-10-12-26(13-11-24)28-18-19-31-30(20-28)33-29(21-40)6-5-7-32(33)46-31;1-4-6-7-8(3)5-2;8-6-7-4-2-1-3-5-7;1-2/h3-21,40-45H,1-2H3;4,6-7H,5H2,1-3H3;1-5H,6,8H2;1-2H3/b9-8-,22-3+,23-4+,40-21?;6-4-,8-7-;;. The Labute approximate surface area is 382 Å². The Kier molecular flexibility index (Phi) is 19.0. The lowest BCUT2D eigenvalue weighted by atomic mass is 9.96. The van der Waals surface area contributed by atoms with Crippen LogP contribution < -0.4 is 5.73 Å². The minimum Gasteiger partial charge on any atom is -0.504 e. The molecule has 0 aliphatic rings. The van der Waals surface area contributed by atoms with Crippen LogP contribution in [0.1, 0.15) is 77.1 Å². The van der Waals surface area contributed by atoms with Gasteiger partial charge < -0.3 is 36.7 Å². The maximum atomic E-state index is 10.3. The number of fused-ring (bicyclic) bond motifs is 3. The monoisotopic (exact) mass is 872 g/mol. The quantitative estimate of drug-likeness (QED) is 0.0315. The third-order valence-corrected chi connectivity index (χ3v) is 11.5. The summed E-state index contributed by atoms with van der Waals surface area (Å²) in [7, 11) is 0. The first-order valence-electron chi connectivity index (χ1n) is 21.4. The van der Waals surface area contributed by atoms with Gasteiger partial charge in [0.1, 0.15) is 0 Å². The number of benzene rings is 6. The van der Waals surface area contributed by atoms with Crippen LogP contribution in [0.2, 0.25) is 0 Å². The van der Waals surface area contributed by atoms with Crippen LogP contribution in [0.15, 0.2) is 163 Å². The Hall–Kier alpha value is -7.13. The molecule has 7 rings (SSSR count). The average Bonchev–Trinajstić information content (AvgIpc) is 3.73. The van der Waals surface area contributed by atoms with Crippen LogP contribution in [-0.4, -0.2) is 31.7 Å². The third kappa shape index (κ3) is 12.1. The molecule has 0 saturated carbocycles. The fourth-order valence-electron chi connectivity index (χ4n) is 6.69. The second-order valence-corrected chi connectivity index (χ2v) is 15.4. The number of hydrogen-bond donors (Lipinski definition) is 7. The highest BCUT2D eigenvalue weighted by Crippen LogP contribution is 2.54. The number of aromatic hydroxyl groups is 5. The SMILES string of the molecule is C/C=C\C=C(\C)CC.CC.C\C=C(/C=C\C(=C/C)c1ccc(-c2c(O)c(O)c(O)c(O)c2O)cc1)c1ccc(-c2ccc3sc4cccc(C=N)c4c3c2)cc1.NCc1ccccc1. The summed E-state index contributed by atoms with van der Waals surface area (Å²) in [5.41, 5.74) is 15.2. The molecule has 64 heavy (non-hydrogen) atoms. The van der Waals surface area contributed by atoms with Crippen molar-refractivity contribution in [2.24, 2.45) is 5.73 Å². The Bertz CT molecular complexity index is 2770. The van der Waals surface area contributed by atoms with Crippen LogP contribution in [0.3, 0.4) is 0 Å². The molecule has 6 aromatic carbocycles. The molecule has 8 N–H and O–H groups in total. The molecule has 7 aromatic rings. The van der Waals surface area contributed by atoms with E-state index in [2.05, 4.69) is 80.6 Å². The summed E-state index contributed by atoms with van der Waals surface area (Å²) in [4.78, 5) is 0. The maximum absolute atomic E-state index is 10.3. The van der Waals surface area contributed by atoms with E-state index < -0.39 is 28.7 Å². The molecule has 1 heterocycles. The highest BCUT2D eigenvalue weighted by Gasteiger charge is 2.24. The van der Waals surface area contributed by atoms with Gasteiger partial charge >= 0.3 is 0 Å². The van der Waals surface area contributed by atoms with Crippen molar-refractivity contribution in [2.75, 3.05) is 0 Å². The first-order valence-corrected chi connectivity index (χ1v) is 22.2. The highest BCUT2D eigenvalue weighted by molar-refractivity contribution is 7.25. The van der Waals surface area contributed by atoms with Crippen molar-refractivity contribution in [3.05, 3.63) is 186 Å². The minimum atomic E-state index is -0.988. The summed E-state index contributed by atoms with van der Waals surface area (Å²) >= 11 is 1.74. The van der Waals surface area contributed by atoms with E-state index in [1.807, 2.05) is 101 Å². The normalized spacial score (nSPS) is 11.8. The van der Waals surface area contributed by atoms with E-state index in [1.54, 1.807) is 35.6 Å². The fraction of sp³-hybridized carbons (Fsp3) is 0.161. The number of thiophene rings is 1. The molecule has 330 valence electrons. The Morgan fingerprint density at radius 2 is 1.16 bits per heavy atom. The Morgan fingerprint density at radius 3 is 1.64 bits per heavy atom. The number of rotatable bonds is 10. The number of nitrogens with one attached hydrogen (secondary N) is 1. The highest BCUT2D eigenvalue weighted by atomic mass is 32.1. The number of nitrogens with two attached hydrogens (primary N) is 1. The second-order valence-electron chi connectivity index (χ2n) is 14.4. The van der Waals surface area contributed by atoms with Crippen molar-refractivity contribution in [3.63, 3.8) is 0 Å². The van der Waals surface area contributed by atoms with E-state index in [0.717, 1.165) is 56.2 Å². The van der Waals surface area contributed by atoms with Crippen molar-refractivity contribution in [3.8, 4) is 51.0 Å². The molecule has 8 heteroatoms.